The molecule has 100 valence electrons. The van der Waals surface area contributed by atoms with Crippen molar-refractivity contribution in [2.75, 3.05) is 19.8 Å². The molecule has 1 rings (SSSR count). The van der Waals surface area contributed by atoms with Gasteiger partial charge in [-0.25, -0.2) is 0 Å². The quantitative estimate of drug-likeness (QED) is 0.696. The van der Waals surface area contributed by atoms with Crippen LogP contribution in [0.3, 0.4) is 0 Å². The highest BCUT2D eigenvalue weighted by Gasteiger charge is 2.35. The van der Waals surface area contributed by atoms with E-state index in [0.717, 1.165) is 39.0 Å². The number of rotatable bonds is 7. The van der Waals surface area contributed by atoms with Gasteiger partial charge in [0.2, 0.25) is 5.91 Å². The molecule has 1 aliphatic carbocycles. The first kappa shape index (κ1) is 14.5. The Bertz CT molecular complexity index is 232. The topological polar surface area (TPSA) is 38.3 Å². The zero-order chi connectivity index (χ0) is 12.7. The van der Waals surface area contributed by atoms with Crippen LogP contribution >= 0.6 is 0 Å². The minimum Gasteiger partial charge on any atom is -0.381 e. The maximum atomic E-state index is 12.0. The van der Waals surface area contributed by atoms with E-state index in [2.05, 4.69) is 26.1 Å². The summed E-state index contributed by atoms with van der Waals surface area (Å²) >= 11 is 0. The van der Waals surface area contributed by atoms with E-state index < -0.39 is 0 Å². The minimum atomic E-state index is -0.0984. The van der Waals surface area contributed by atoms with E-state index in [1.165, 1.54) is 12.8 Å². The number of carbonyl (C=O) groups excluding carboxylic acids is 1. The second kappa shape index (κ2) is 7.00. The van der Waals surface area contributed by atoms with Crippen molar-refractivity contribution in [1.82, 2.24) is 5.32 Å². The Morgan fingerprint density at radius 3 is 2.59 bits per heavy atom. The number of nitrogens with one attached hydrogen (secondary N) is 1. The third kappa shape index (κ3) is 5.07. The molecule has 0 bridgehead atoms. The first-order valence-corrected chi connectivity index (χ1v) is 6.91. The van der Waals surface area contributed by atoms with Gasteiger partial charge in [-0.2, -0.15) is 0 Å². The molecule has 1 fully saturated rings. The normalized spacial score (nSPS) is 18.6. The highest BCUT2D eigenvalue weighted by Crippen LogP contribution is 2.37. The summed E-state index contributed by atoms with van der Waals surface area (Å²) in [5.74, 6) is 0.820. The predicted molar refractivity (Wildman–Crippen MR) is 69.9 cm³/mol. The molecule has 0 aromatic rings. The van der Waals surface area contributed by atoms with Crippen molar-refractivity contribution in [1.29, 1.82) is 0 Å². The fourth-order valence-electron chi connectivity index (χ4n) is 2.29. The Hall–Kier alpha value is -0.570. The van der Waals surface area contributed by atoms with Crippen LogP contribution < -0.4 is 5.32 Å². The largest absolute Gasteiger partial charge is 0.381 e. The van der Waals surface area contributed by atoms with Gasteiger partial charge in [-0.15, -0.1) is 0 Å². The summed E-state index contributed by atoms with van der Waals surface area (Å²) in [6, 6.07) is 0. The Kier molecular flexibility index (Phi) is 5.96. The lowest BCUT2D eigenvalue weighted by atomic mass is 9.88. The molecule has 3 heteroatoms. The first-order chi connectivity index (χ1) is 8.04. The van der Waals surface area contributed by atoms with Gasteiger partial charge in [-0.3, -0.25) is 4.79 Å². The monoisotopic (exact) mass is 241 g/mol. The van der Waals surface area contributed by atoms with Gasteiger partial charge in [0, 0.05) is 25.2 Å². The number of carbonyl (C=O) groups is 1. The van der Waals surface area contributed by atoms with Gasteiger partial charge in [0.05, 0.1) is 0 Å². The van der Waals surface area contributed by atoms with Gasteiger partial charge in [-0.05, 0) is 25.2 Å². The maximum absolute atomic E-state index is 12.0. The van der Waals surface area contributed by atoms with Crippen molar-refractivity contribution in [2.45, 2.75) is 52.9 Å². The van der Waals surface area contributed by atoms with E-state index in [9.17, 15) is 4.79 Å². The third-order valence-electron chi connectivity index (χ3n) is 3.46. The van der Waals surface area contributed by atoms with Crippen LogP contribution in [0.2, 0.25) is 0 Å². The fraction of sp³-hybridized carbons (Fsp3) is 0.929. The molecule has 0 heterocycles. The summed E-state index contributed by atoms with van der Waals surface area (Å²) in [4.78, 5) is 12.0. The summed E-state index contributed by atoms with van der Waals surface area (Å²) < 4.78 is 5.48. The zero-order valence-corrected chi connectivity index (χ0v) is 11.6. The van der Waals surface area contributed by atoms with Crippen molar-refractivity contribution in [3.63, 3.8) is 0 Å². The fourth-order valence-corrected chi connectivity index (χ4v) is 2.29. The highest BCUT2D eigenvalue weighted by molar-refractivity contribution is 5.82. The Morgan fingerprint density at radius 1 is 1.35 bits per heavy atom. The van der Waals surface area contributed by atoms with Crippen LogP contribution in [0.1, 0.15) is 52.9 Å². The Morgan fingerprint density at radius 2 is 2.00 bits per heavy atom. The molecule has 0 radical (unpaired) electrons. The maximum Gasteiger partial charge on any atom is 0.225 e. The van der Waals surface area contributed by atoms with E-state index in [1.807, 2.05) is 0 Å². The summed E-state index contributed by atoms with van der Waals surface area (Å²) in [6.45, 7) is 8.67. The average molecular weight is 241 g/mol. The summed E-state index contributed by atoms with van der Waals surface area (Å²) in [6.07, 6.45) is 5.39. The van der Waals surface area contributed by atoms with Gasteiger partial charge < -0.3 is 10.1 Å². The van der Waals surface area contributed by atoms with E-state index in [-0.39, 0.29) is 11.3 Å². The molecule has 0 aliphatic heterocycles. The summed E-state index contributed by atoms with van der Waals surface area (Å²) in [5, 5.41) is 3.03. The first-order valence-electron chi connectivity index (χ1n) is 6.91. The van der Waals surface area contributed by atoms with E-state index >= 15 is 0 Å². The molecule has 1 saturated carbocycles. The summed E-state index contributed by atoms with van der Waals surface area (Å²) in [5.41, 5.74) is -0.0984. The molecule has 0 unspecified atom stereocenters. The van der Waals surface area contributed by atoms with Crippen LogP contribution in [-0.4, -0.2) is 25.7 Å². The third-order valence-corrected chi connectivity index (χ3v) is 3.46. The van der Waals surface area contributed by atoms with Crippen molar-refractivity contribution in [2.24, 2.45) is 11.3 Å². The lowest BCUT2D eigenvalue weighted by molar-refractivity contribution is -0.129. The molecule has 0 saturated heterocycles. The molecule has 0 aromatic carbocycles. The standard InChI is InChI=1S/C14H27NO2/c1-12(2)11-17-10-6-9-15-13(16)14(3)7-4-5-8-14/h12H,4-11H2,1-3H3,(H,15,16). The molecule has 0 spiro atoms. The molecule has 1 aliphatic rings. The zero-order valence-electron chi connectivity index (χ0n) is 11.6. The van der Waals surface area contributed by atoms with Gasteiger partial charge in [0.25, 0.3) is 0 Å². The van der Waals surface area contributed by atoms with Crippen LogP contribution in [0, 0.1) is 11.3 Å². The Labute approximate surface area is 105 Å². The van der Waals surface area contributed by atoms with Crippen molar-refractivity contribution >= 4 is 5.91 Å². The predicted octanol–water partition coefficient (Wildman–Crippen LogP) is 2.75. The second-order valence-corrected chi connectivity index (χ2v) is 5.85. The molecule has 0 aromatic heterocycles. The van der Waals surface area contributed by atoms with Crippen molar-refractivity contribution in [3.05, 3.63) is 0 Å². The van der Waals surface area contributed by atoms with Crippen LogP contribution in [-0.2, 0) is 9.53 Å². The molecule has 1 amide bonds. The van der Waals surface area contributed by atoms with Crippen LogP contribution in [0.4, 0.5) is 0 Å². The number of ether oxygens (including phenoxy) is 1. The van der Waals surface area contributed by atoms with E-state index in [1.54, 1.807) is 0 Å². The van der Waals surface area contributed by atoms with Crippen LogP contribution in [0.5, 0.6) is 0 Å². The molecular weight excluding hydrogens is 214 g/mol. The molecular formula is C14H27NO2. The minimum absolute atomic E-state index is 0.0984. The van der Waals surface area contributed by atoms with Crippen molar-refractivity contribution in [3.8, 4) is 0 Å². The molecule has 1 N–H and O–H groups in total. The van der Waals surface area contributed by atoms with Gasteiger partial charge >= 0.3 is 0 Å². The molecule has 3 nitrogen and oxygen atoms in total. The SMILES string of the molecule is CC(C)COCCCNC(=O)C1(C)CCCC1. The van der Waals surface area contributed by atoms with Crippen LogP contribution in [0.15, 0.2) is 0 Å². The molecule has 0 atom stereocenters. The number of hydrogen-bond acceptors (Lipinski definition) is 2. The summed E-state index contributed by atoms with van der Waals surface area (Å²) in [7, 11) is 0. The average Bonchev–Trinajstić information content (AvgIpc) is 2.71. The number of amides is 1. The lowest BCUT2D eigenvalue weighted by Gasteiger charge is -2.22. The smallest absolute Gasteiger partial charge is 0.225 e. The van der Waals surface area contributed by atoms with Crippen LogP contribution in [0.25, 0.3) is 0 Å². The van der Waals surface area contributed by atoms with E-state index in [0.29, 0.717) is 5.92 Å². The number of hydrogen-bond donors (Lipinski definition) is 1. The Balaban J connectivity index is 2.04. The van der Waals surface area contributed by atoms with Gasteiger partial charge in [0.15, 0.2) is 0 Å². The second-order valence-electron chi connectivity index (χ2n) is 5.85. The van der Waals surface area contributed by atoms with Gasteiger partial charge in [-0.1, -0.05) is 33.6 Å². The van der Waals surface area contributed by atoms with E-state index in [4.69, 9.17) is 4.74 Å². The van der Waals surface area contributed by atoms with Crippen molar-refractivity contribution < 1.29 is 9.53 Å². The highest BCUT2D eigenvalue weighted by atomic mass is 16.5. The molecule has 17 heavy (non-hydrogen) atoms. The lowest BCUT2D eigenvalue weighted by Crippen LogP contribution is -2.37. The van der Waals surface area contributed by atoms with Gasteiger partial charge in [0.1, 0.15) is 0 Å².